The number of aliphatic hydroxyl groups excluding tert-OH is 8. The molecule has 0 saturated carbocycles. The van der Waals surface area contributed by atoms with Crippen molar-refractivity contribution >= 4 is 73.9 Å². The first-order valence-corrected chi connectivity index (χ1v) is 42.8. The third-order valence-electron chi connectivity index (χ3n) is 18.8. The van der Waals surface area contributed by atoms with E-state index in [1.807, 2.05) is 20.3 Å². The summed E-state index contributed by atoms with van der Waals surface area (Å²) in [6.07, 6.45) is -27.3. The lowest BCUT2D eigenvalue weighted by atomic mass is 10.1. The second-order valence-electron chi connectivity index (χ2n) is 27.0. The number of H-pyrrole nitrogens is 3. The molecule has 1 amide bonds. The summed E-state index contributed by atoms with van der Waals surface area (Å²) in [5, 5.41) is 84.1. The number of carbonyl (C=O) groups excluding carboxylic acids is 1. The molecule has 696 valence electrons. The summed E-state index contributed by atoms with van der Waals surface area (Å²) in [4.78, 5) is 51.5. The van der Waals surface area contributed by atoms with Crippen LogP contribution in [0.25, 0.3) is 0 Å². The number of aromatic amines is 3. The SMILES string of the molecule is COc1cccc2c1OP(=O)(OC[C@@]1(F)O[C@@H](n3cc(F)c(=O)[nH]c3=S)[C@H](O)[C@@H]1O)OC2.[2H]C([2H])(OP1(=O)OCc2cccc(OC)c2O1)[C@@]1(F)O[C@@H](n2cc(F)c(=O)[nH]c2=S)[C@H](O)[C@@H]1O.[2H]C([2H])(OP1(=O)OCc2cccc(OC)c2O1)[C@@]1(F)O[C@@]([2H])(N2C=C(F)C(=O)NC2=C)[C@H](O)[C@@H]1O.[2H][C@@]1(n2cc(F)c(=O)[nH]c2=S)O[C@](F)(COP2(=O)OCc3cccc(OC)c3O2)[C@@H](O)[C@H]1O. The van der Waals surface area contributed by atoms with Crippen molar-refractivity contribution in [2.75, 3.05) is 54.8 Å². The van der Waals surface area contributed by atoms with Crippen LogP contribution in [0.3, 0.4) is 0 Å². The van der Waals surface area contributed by atoms with Crippen molar-refractivity contribution < 1.29 is 199 Å². The number of carbonyl (C=O) groups is 1. The molecule has 4 unspecified atom stereocenters. The van der Waals surface area contributed by atoms with Crippen LogP contribution in [0.1, 0.15) is 49.1 Å². The number of hydrogen-bond acceptors (Lipinski definition) is 40. The smallest absolute Gasteiger partial charge is 0.493 e. The zero-order valence-corrected chi connectivity index (χ0v) is 70.8. The number of nitrogens with zero attached hydrogens (tertiary/aromatic N) is 4. The molecule has 0 radical (unpaired) electrons. The lowest BCUT2D eigenvalue weighted by Gasteiger charge is -2.33. The third kappa shape index (κ3) is 19.6. The fourth-order valence-electron chi connectivity index (χ4n) is 12.2. The minimum absolute atomic E-state index is 0.0419. The van der Waals surface area contributed by atoms with Crippen LogP contribution >= 0.6 is 67.9 Å². The number of amides is 1. The summed E-state index contributed by atoms with van der Waals surface area (Å²) < 4.78 is 318. The maximum Gasteiger partial charge on any atom is 0.530 e. The summed E-state index contributed by atoms with van der Waals surface area (Å²) in [5.74, 6) is -21.2. The Kier molecular flexibility index (Phi) is 25.9. The quantitative estimate of drug-likeness (QED) is 0.0226. The Morgan fingerprint density at radius 3 is 1.13 bits per heavy atom. The highest BCUT2D eigenvalue weighted by Crippen LogP contribution is 2.62. The number of fused-ring (bicyclic) bond motifs is 4. The van der Waals surface area contributed by atoms with E-state index < -0.39 is 227 Å². The van der Waals surface area contributed by atoms with E-state index >= 15 is 17.6 Å². The number of aliphatic hydroxyl groups is 8. The largest absolute Gasteiger partial charge is 0.530 e. The minimum Gasteiger partial charge on any atom is -0.493 e. The van der Waals surface area contributed by atoms with Crippen molar-refractivity contribution in [3.8, 4) is 46.0 Å². The normalized spacial score (nSPS) is 34.5. The Hall–Kier alpha value is -9.11. The Morgan fingerprint density at radius 1 is 0.461 bits per heavy atom. The zero-order chi connectivity index (χ0) is 98.5. The fraction of sp³-hybridized carbons (Fsp3) is 0.406. The number of halogens is 8. The molecule has 9 aliphatic heterocycles. The number of phosphoric acid groups is 4. The van der Waals surface area contributed by atoms with E-state index in [4.69, 9.17) is 137 Å². The molecule has 3 aromatic heterocycles. The Labute approximate surface area is 734 Å². The van der Waals surface area contributed by atoms with Crippen LogP contribution in [0.5, 0.6) is 46.0 Å². The molecule has 9 aliphatic rings. The molecular formula is C69H70F8N8O36P4S3. The van der Waals surface area contributed by atoms with Gasteiger partial charge in [-0.3, -0.25) is 84.0 Å². The molecule has 0 bridgehead atoms. The molecule has 16 rings (SSSR count). The average Bonchev–Trinajstić information content (AvgIpc) is 1.55. The topological polar surface area (TPSA) is 560 Å². The van der Waals surface area contributed by atoms with Crippen molar-refractivity contribution in [3.63, 3.8) is 0 Å². The highest BCUT2D eigenvalue weighted by molar-refractivity contribution is 7.71. The molecular weight excluding hydrogens is 1890 g/mol. The number of hydrogen-bond donors (Lipinski definition) is 12. The van der Waals surface area contributed by atoms with Crippen LogP contribution in [0.2, 0.25) is 0 Å². The highest BCUT2D eigenvalue weighted by Gasteiger charge is 2.63. The van der Waals surface area contributed by atoms with Gasteiger partial charge in [0.25, 0.3) is 46.0 Å². The second-order valence-corrected chi connectivity index (χ2v) is 34.4. The van der Waals surface area contributed by atoms with Crippen molar-refractivity contribution in [1.82, 2.24) is 38.9 Å². The van der Waals surface area contributed by atoms with E-state index in [1.54, 1.807) is 48.5 Å². The number of benzene rings is 4. The fourth-order valence-corrected chi connectivity index (χ4v) is 17.7. The van der Waals surface area contributed by atoms with E-state index in [0.717, 1.165) is 4.57 Å². The lowest BCUT2D eigenvalue weighted by Crippen LogP contribution is -2.47. The van der Waals surface area contributed by atoms with Crippen molar-refractivity contribution in [2.45, 2.75) is 124 Å². The van der Waals surface area contributed by atoms with Gasteiger partial charge in [0.1, 0.15) is 81.0 Å². The lowest BCUT2D eigenvalue weighted by molar-refractivity contribution is -0.208. The molecule has 7 aromatic rings. The van der Waals surface area contributed by atoms with Crippen molar-refractivity contribution in [2.24, 2.45) is 0 Å². The maximum atomic E-state index is 15.9. The van der Waals surface area contributed by atoms with Gasteiger partial charge in [0.2, 0.25) is 23.3 Å². The summed E-state index contributed by atoms with van der Waals surface area (Å²) in [5.41, 5.74) is -1.83. The molecule has 128 heavy (non-hydrogen) atoms. The molecule has 4 fully saturated rings. The number of methoxy groups -OCH3 is 4. The molecule has 12 N–H and O–H groups in total. The third-order valence-corrected chi connectivity index (χ3v) is 24.6. The molecule has 12 heterocycles. The van der Waals surface area contributed by atoms with E-state index in [-0.39, 0.29) is 65.8 Å². The predicted molar refractivity (Wildman–Crippen MR) is 412 cm³/mol. The van der Waals surface area contributed by atoms with Gasteiger partial charge in [0.15, 0.2) is 85.2 Å². The van der Waals surface area contributed by atoms with Crippen molar-refractivity contribution in [3.05, 3.63) is 201 Å². The van der Waals surface area contributed by atoms with Crippen LogP contribution in [0.15, 0.2) is 130 Å². The summed E-state index contributed by atoms with van der Waals surface area (Å²) >= 11 is 14.5. The number of alkyl halides is 4. The minimum atomic E-state index is -4.94. The summed E-state index contributed by atoms with van der Waals surface area (Å²) in [6.45, 7) is -8.06. The van der Waals surface area contributed by atoms with E-state index in [1.165, 1.54) is 52.7 Å². The summed E-state index contributed by atoms with van der Waals surface area (Å²) in [6, 6.07) is 18.7. The first kappa shape index (κ1) is 88.2. The molecule has 59 heteroatoms. The van der Waals surface area contributed by atoms with Gasteiger partial charge >= 0.3 is 31.3 Å². The van der Waals surface area contributed by atoms with Gasteiger partial charge in [-0.05, 0) is 60.9 Å². The number of rotatable bonds is 20. The second kappa shape index (κ2) is 37.6. The first-order chi connectivity index (χ1) is 62.5. The van der Waals surface area contributed by atoms with Gasteiger partial charge in [-0.25, -0.2) is 35.8 Å². The Balaban J connectivity index is 0.000000152. The zero-order valence-electron chi connectivity index (χ0n) is 70.8. The number of phosphoric ester groups is 4. The van der Waals surface area contributed by atoms with Gasteiger partial charge in [-0.1, -0.05) is 55.1 Å². The standard InChI is InChI=1S/C18H19F2N2O9P.3C17H17F2N2O9PS/c1-9-21-16(25)11(19)6-22(9)17-13(23)15(24)18(20,30-17)8-29-32(26)28-7-10-4-3-5-12(27-2)14(10)31-32;3*1-26-10-4-2-3-8-6-27-31(25,30-12(8)10)28-7-17(19)13(23)11(22)15(29-17)21-5-9(18)14(24)20-16(21)32/h3-6,13,15,17,23-24H,1,7-8H2,2H3,(H,21,25);3*2-5,11,13,15,22-23H,6-7H2,1H3,(H,20,24,32)/t13-,15+,17-,18-,32?;3*11-,13+,15-,17-,31?/m1111/s1/i8D2,17D;15D;7D2;. The maximum absolute atomic E-state index is 15.9. The number of para-hydroxylation sites is 4. The van der Waals surface area contributed by atoms with Crippen LogP contribution in [-0.2, 0) is 105 Å². The predicted octanol–water partition coefficient (Wildman–Crippen LogP) is 6.30. The molecule has 4 saturated heterocycles. The molecule has 0 aliphatic carbocycles. The van der Waals surface area contributed by atoms with Crippen LogP contribution < -0.4 is 59.0 Å². The van der Waals surface area contributed by atoms with Gasteiger partial charge in [-0.15, -0.1) is 0 Å². The van der Waals surface area contributed by atoms with Gasteiger partial charge < -0.3 is 107 Å². The van der Waals surface area contributed by atoms with Crippen LogP contribution in [0, 0.1) is 31.8 Å². The Morgan fingerprint density at radius 2 is 0.758 bits per heavy atom. The highest BCUT2D eigenvalue weighted by atomic mass is 32.1. The van der Waals surface area contributed by atoms with E-state index in [2.05, 4.69) is 6.58 Å². The van der Waals surface area contributed by atoms with Gasteiger partial charge in [-0.2, -0.15) is 17.6 Å². The number of ether oxygens (including phenoxy) is 8. The first-order valence-electron chi connectivity index (χ1n) is 38.8. The molecule has 20 atom stereocenters. The van der Waals surface area contributed by atoms with Crippen LogP contribution in [-0.4, -0.2) is 214 Å². The number of nitrogens with one attached hydrogen (secondary N) is 4. The average molecular weight is 1970 g/mol. The molecule has 44 nitrogen and oxygen atoms in total. The van der Waals surface area contributed by atoms with Gasteiger partial charge in [0, 0.05) is 28.5 Å². The van der Waals surface area contributed by atoms with E-state index in [0.29, 0.717) is 61.1 Å². The molecule has 4 aromatic carbocycles. The van der Waals surface area contributed by atoms with Crippen LogP contribution in [0.4, 0.5) is 35.1 Å². The molecule has 0 spiro atoms. The van der Waals surface area contributed by atoms with Gasteiger partial charge in [0.05, 0.1) is 81.7 Å². The van der Waals surface area contributed by atoms with E-state index in [9.17, 15) is 95.9 Å². The monoisotopic (exact) mass is 1960 g/mol. The summed E-state index contributed by atoms with van der Waals surface area (Å²) in [7, 11) is -13.3. The Bertz CT molecular complexity index is 6380. The van der Waals surface area contributed by atoms with Crippen molar-refractivity contribution in [1.29, 1.82) is 0 Å². The number of aromatic nitrogens is 6.